The number of halogens is 2. The lowest BCUT2D eigenvalue weighted by atomic mass is 9.78. The topological polar surface area (TPSA) is 110 Å². The lowest BCUT2D eigenvalue weighted by molar-refractivity contribution is -0.117. The Morgan fingerprint density at radius 3 is 2.72 bits per heavy atom. The second-order valence-corrected chi connectivity index (χ2v) is 13.7. The highest BCUT2D eigenvalue weighted by Crippen LogP contribution is 2.37. The van der Waals surface area contributed by atoms with E-state index in [-0.39, 0.29) is 29.9 Å². The fourth-order valence-corrected chi connectivity index (χ4v) is 6.78. The van der Waals surface area contributed by atoms with Crippen LogP contribution in [0, 0.1) is 18.3 Å². The second-order valence-electron chi connectivity index (χ2n) is 12.2. The molecule has 2 aliphatic heterocycles. The van der Waals surface area contributed by atoms with Gasteiger partial charge in [0.2, 0.25) is 0 Å². The van der Waals surface area contributed by atoms with Gasteiger partial charge in [0.1, 0.15) is 5.82 Å². The van der Waals surface area contributed by atoms with Gasteiger partial charge in [0.25, 0.3) is 6.57 Å². The van der Waals surface area contributed by atoms with Crippen LogP contribution >= 0.6 is 11.6 Å². The smallest absolute Gasteiger partial charge is 0.355 e. The van der Waals surface area contributed by atoms with Crippen molar-refractivity contribution in [3.8, 4) is 6.57 Å². The number of carbonyl (C=O) groups is 1. The van der Waals surface area contributed by atoms with Gasteiger partial charge in [-0.2, -0.15) is 0 Å². The number of likely N-dealkylation sites (N-methyl/N-ethyl adjacent to an activating group) is 1. The second kappa shape index (κ2) is 17.1. The largest absolute Gasteiger partial charge is 0.772 e. The van der Waals surface area contributed by atoms with Gasteiger partial charge >= 0.3 is 11.9 Å². The van der Waals surface area contributed by atoms with Gasteiger partial charge in [-0.25, -0.2) is 9.38 Å². The molecule has 248 valence electrons. The molecule has 0 radical (unpaired) electrons. The van der Waals surface area contributed by atoms with Gasteiger partial charge in [-0.3, -0.25) is 9.00 Å². The Labute approximate surface area is 278 Å². The molecule has 1 fully saturated rings. The van der Waals surface area contributed by atoms with Gasteiger partial charge in [0.05, 0.1) is 12.0 Å². The Balaban J connectivity index is 1.48. The summed E-state index contributed by atoms with van der Waals surface area (Å²) >= 11 is 4.16. The van der Waals surface area contributed by atoms with Crippen LogP contribution in [-0.2, 0) is 27.0 Å². The van der Waals surface area contributed by atoms with Gasteiger partial charge in [-0.1, -0.05) is 51.8 Å². The predicted molar refractivity (Wildman–Crippen MR) is 182 cm³/mol. The van der Waals surface area contributed by atoms with Gasteiger partial charge in [0.15, 0.2) is 5.90 Å². The Hall–Kier alpha value is -3.14. The highest BCUT2D eigenvalue weighted by atomic mass is 35.5. The number of rotatable bonds is 13. The summed E-state index contributed by atoms with van der Waals surface area (Å²) < 4.78 is 42.9. The summed E-state index contributed by atoms with van der Waals surface area (Å²) in [4.78, 5) is 24.6. The third-order valence-electron chi connectivity index (χ3n) is 8.56. The van der Waals surface area contributed by atoms with Crippen LogP contribution in [0.3, 0.4) is 0 Å². The van der Waals surface area contributed by atoms with E-state index in [1.54, 1.807) is 30.5 Å². The summed E-state index contributed by atoms with van der Waals surface area (Å²) in [6, 6.07) is 11.3. The van der Waals surface area contributed by atoms with Crippen molar-refractivity contribution >= 4 is 40.2 Å². The third kappa shape index (κ3) is 9.93. The van der Waals surface area contributed by atoms with Crippen LogP contribution in [0.5, 0.6) is 0 Å². The molecule has 0 saturated carbocycles. The van der Waals surface area contributed by atoms with Crippen molar-refractivity contribution in [1.29, 1.82) is 0 Å². The lowest BCUT2D eigenvalue weighted by Crippen LogP contribution is -2.55. The molecule has 46 heavy (non-hydrogen) atoms. The lowest BCUT2D eigenvalue weighted by Gasteiger charge is -2.38. The van der Waals surface area contributed by atoms with Crippen LogP contribution in [-0.4, -0.2) is 75.6 Å². The number of hydrogen-bond acceptors (Lipinski definition) is 7. The first kappa shape index (κ1) is 35.7. The standard InChI is InChI=1S/C34H43ClFN5O4S/c1-22(2)45-31-19-24(16-17-38-31)32(23-10-12-25(35)13-11-23)33(37-3)34(42)40-30-9-5-8-29(36)28(30)15-14-26-21-41(4)27(20-39-26)7-6-18-46(43)44/h3,5,8-13,16-17,22,24,26-27,32-33,39H,6-7,14-15,18-21H2,1-2,4H3,(H-,40,42,43,44). The van der Waals surface area contributed by atoms with Crippen LogP contribution in [0.1, 0.15) is 56.6 Å². The van der Waals surface area contributed by atoms with E-state index in [0.717, 1.165) is 25.1 Å². The van der Waals surface area contributed by atoms with Crippen LogP contribution < -0.4 is 10.6 Å². The summed E-state index contributed by atoms with van der Waals surface area (Å²) in [5, 5.41) is 7.03. The molecule has 6 unspecified atom stereocenters. The number of benzene rings is 2. The number of amides is 1. The number of carbonyl (C=O) groups excluding carboxylic acids is 1. The fourth-order valence-electron chi connectivity index (χ4n) is 6.26. The van der Waals surface area contributed by atoms with Crippen molar-refractivity contribution in [3.63, 3.8) is 0 Å². The van der Waals surface area contributed by atoms with Gasteiger partial charge in [-0.15, -0.1) is 0 Å². The Morgan fingerprint density at radius 1 is 1.28 bits per heavy atom. The Bertz CT molecular complexity index is 1460. The molecule has 2 N–H and O–H groups in total. The van der Waals surface area contributed by atoms with E-state index in [0.29, 0.717) is 47.9 Å². The average molecular weight is 672 g/mol. The highest BCUT2D eigenvalue weighted by Gasteiger charge is 2.43. The average Bonchev–Trinajstić information content (AvgIpc) is 3.00. The minimum Gasteiger partial charge on any atom is -0.772 e. The van der Waals surface area contributed by atoms with E-state index in [1.165, 1.54) is 6.07 Å². The molecule has 6 atom stereocenters. The van der Waals surface area contributed by atoms with E-state index in [4.69, 9.17) is 22.9 Å². The number of aliphatic imine (C=N–C) groups is 1. The monoisotopic (exact) mass is 671 g/mol. The van der Waals surface area contributed by atoms with E-state index < -0.39 is 34.8 Å². The fraction of sp³-hybridized carbons (Fsp3) is 0.500. The minimum atomic E-state index is -2.03. The van der Waals surface area contributed by atoms with Crippen molar-refractivity contribution in [3.05, 3.63) is 81.6 Å². The maximum absolute atomic E-state index is 15.3. The summed E-state index contributed by atoms with van der Waals surface area (Å²) in [5.74, 6) is -0.800. The van der Waals surface area contributed by atoms with Crippen molar-refractivity contribution in [2.45, 2.75) is 76.1 Å². The van der Waals surface area contributed by atoms with Crippen molar-refractivity contribution < 1.29 is 22.7 Å². The zero-order valence-corrected chi connectivity index (χ0v) is 28.1. The molecule has 9 nitrogen and oxygen atoms in total. The zero-order valence-electron chi connectivity index (χ0n) is 26.5. The molecule has 2 aromatic rings. The SMILES string of the molecule is C#[N+]C(C(=O)Nc1cccc(F)c1CCC1CN(C)C(CCCS(=O)[O-])CN1)C(c1ccc(Cl)cc1)C1C=CN=C(OC(C)C)C1. The number of allylic oxidation sites excluding steroid dienone is 1. The summed E-state index contributed by atoms with van der Waals surface area (Å²) in [6.07, 6.45) is 6.45. The number of nitrogens with zero attached hydrogens (tertiary/aromatic N) is 3. The molecule has 4 rings (SSSR count). The van der Waals surface area contributed by atoms with Crippen LogP contribution in [0.2, 0.25) is 5.02 Å². The molecule has 2 aliphatic rings. The predicted octanol–water partition coefficient (Wildman–Crippen LogP) is 5.75. The number of piperazine rings is 1. The number of ether oxygens (including phenoxy) is 1. The van der Waals surface area contributed by atoms with E-state index in [1.807, 2.05) is 39.1 Å². The van der Waals surface area contributed by atoms with Crippen LogP contribution in [0.15, 0.2) is 59.7 Å². The van der Waals surface area contributed by atoms with Gasteiger partial charge < -0.3 is 24.8 Å². The van der Waals surface area contributed by atoms with E-state index >= 15 is 4.39 Å². The van der Waals surface area contributed by atoms with Crippen molar-refractivity contribution in [1.82, 2.24) is 10.2 Å². The van der Waals surface area contributed by atoms with Gasteiger partial charge in [0, 0.05) is 65.7 Å². The quantitative estimate of drug-likeness (QED) is 0.262. The Kier molecular flexibility index (Phi) is 13.3. The maximum atomic E-state index is 15.3. The molecule has 2 aromatic carbocycles. The first-order valence-electron chi connectivity index (χ1n) is 15.7. The first-order valence-corrected chi connectivity index (χ1v) is 17.3. The van der Waals surface area contributed by atoms with Crippen LogP contribution in [0.4, 0.5) is 10.1 Å². The van der Waals surface area contributed by atoms with Crippen molar-refractivity contribution in [2.24, 2.45) is 10.9 Å². The van der Waals surface area contributed by atoms with Crippen molar-refractivity contribution in [2.75, 3.05) is 31.2 Å². The molecule has 0 aliphatic carbocycles. The normalized spacial score (nSPS) is 22.0. The van der Waals surface area contributed by atoms with Crippen LogP contribution in [0.25, 0.3) is 4.85 Å². The molecule has 12 heteroatoms. The highest BCUT2D eigenvalue weighted by molar-refractivity contribution is 7.79. The zero-order chi connectivity index (χ0) is 33.2. The summed E-state index contributed by atoms with van der Waals surface area (Å²) in [5.41, 5.74) is 1.62. The third-order valence-corrected chi connectivity index (χ3v) is 9.44. The number of anilines is 1. The maximum Gasteiger partial charge on any atom is 0.355 e. The molecule has 1 saturated heterocycles. The Morgan fingerprint density at radius 2 is 2.04 bits per heavy atom. The number of hydrogen-bond donors (Lipinski definition) is 2. The molecule has 0 spiro atoms. The summed E-state index contributed by atoms with van der Waals surface area (Å²) in [7, 11) is 2.03. The van der Waals surface area contributed by atoms with E-state index in [9.17, 15) is 13.6 Å². The molecule has 0 bridgehead atoms. The molecule has 0 aromatic heterocycles. The minimum absolute atomic E-state index is 0.0575. The molecule has 2 heterocycles. The molecular formula is C34H43ClFN5O4S. The molecule has 1 amide bonds. The summed E-state index contributed by atoms with van der Waals surface area (Å²) in [6.45, 7) is 11.3. The number of nitrogens with one attached hydrogen (secondary N) is 2. The first-order chi connectivity index (χ1) is 22.0. The van der Waals surface area contributed by atoms with E-state index in [2.05, 4.69) is 25.4 Å². The van der Waals surface area contributed by atoms with Gasteiger partial charge in [-0.05, 0) is 76.4 Å². The molecular weight excluding hydrogens is 629 g/mol.